The third-order valence-corrected chi connectivity index (χ3v) is 3.91. The fourth-order valence-corrected chi connectivity index (χ4v) is 2.53. The van der Waals surface area contributed by atoms with E-state index in [0.29, 0.717) is 0 Å². The number of nitrogens with zero attached hydrogens (tertiary/aromatic N) is 2. The van der Waals surface area contributed by atoms with Crippen LogP contribution in [0, 0.1) is 11.8 Å². The van der Waals surface area contributed by atoms with Crippen molar-refractivity contribution in [1.29, 1.82) is 0 Å². The van der Waals surface area contributed by atoms with Crippen molar-refractivity contribution in [1.82, 2.24) is 10.4 Å². The first-order chi connectivity index (χ1) is 12.2. The minimum Gasteiger partial charge on any atom is -0.378 e. The molecular formula is C19H20N4O2. The van der Waals surface area contributed by atoms with Crippen molar-refractivity contribution < 1.29 is 9.53 Å². The summed E-state index contributed by atoms with van der Waals surface area (Å²) in [7, 11) is 0. The van der Waals surface area contributed by atoms with Crippen LogP contribution >= 0.6 is 0 Å². The van der Waals surface area contributed by atoms with E-state index in [0.717, 1.165) is 48.8 Å². The van der Waals surface area contributed by atoms with Gasteiger partial charge in [0.1, 0.15) is 5.82 Å². The molecule has 6 heteroatoms. The average molecular weight is 336 g/mol. The molecule has 25 heavy (non-hydrogen) atoms. The number of nitrogens with one attached hydrogen (secondary N) is 1. The van der Waals surface area contributed by atoms with Crippen molar-refractivity contribution in [3.05, 3.63) is 59.3 Å². The summed E-state index contributed by atoms with van der Waals surface area (Å²) in [5.74, 6) is 12.0. The Balaban J connectivity index is 1.63. The summed E-state index contributed by atoms with van der Waals surface area (Å²) in [6.07, 6.45) is 2.05. The zero-order chi connectivity index (χ0) is 17.5. The number of pyridine rings is 1. The lowest BCUT2D eigenvalue weighted by molar-refractivity contribution is -0.120. The monoisotopic (exact) mass is 336 g/mol. The van der Waals surface area contributed by atoms with Crippen molar-refractivity contribution in [2.75, 3.05) is 31.2 Å². The first kappa shape index (κ1) is 17.0. The molecule has 0 unspecified atom stereocenters. The summed E-state index contributed by atoms with van der Waals surface area (Å²) in [5.41, 5.74) is 4.76. The standard InChI is InChI=1S/C19H20N4O2/c20-22-19(24)13-16-4-1-15(2-5-16)3-6-17-7-8-18(21-14-17)23-9-11-25-12-10-23/h1-2,4-5,7-8,14H,9-13,20H2,(H,22,24). The fraction of sp³-hybridized carbons (Fsp3) is 0.263. The van der Waals surface area contributed by atoms with E-state index < -0.39 is 0 Å². The second kappa shape index (κ2) is 8.29. The van der Waals surface area contributed by atoms with Gasteiger partial charge in [-0.3, -0.25) is 10.2 Å². The number of morpholine rings is 1. The summed E-state index contributed by atoms with van der Waals surface area (Å²) in [6, 6.07) is 11.5. The maximum Gasteiger partial charge on any atom is 0.238 e. The van der Waals surface area contributed by atoms with Crippen molar-refractivity contribution in [2.24, 2.45) is 5.84 Å². The number of carbonyl (C=O) groups excluding carboxylic acids is 1. The van der Waals surface area contributed by atoms with Crippen LogP contribution in [0.1, 0.15) is 16.7 Å². The molecule has 1 aromatic heterocycles. The normalized spacial score (nSPS) is 13.7. The molecule has 1 aliphatic rings. The fourth-order valence-electron chi connectivity index (χ4n) is 2.53. The molecule has 0 saturated carbocycles. The molecular weight excluding hydrogens is 316 g/mol. The molecule has 0 spiro atoms. The number of rotatable bonds is 3. The van der Waals surface area contributed by atoms with Gasteiger partial charge in [0.2, 0.25) is 5.91 Å². The molecule has 0 bridgehead atoms. The molecule has 0 atom stereocenters. The van der Waals surface area contributed by atoms with Gasteiger partial charge in [-0.05, 0) is 29.8 Å². The van der Waals surface area contributed by atoms with Crippen molar-refractivity contribution in [3.8, 4) is 11.8 Å². The van der Waals surface area contributed by atoms with E-state index in [-0.39, 0.29) is 12.3 Å². The Hall–Kier alpha value is -2.88. The molecule has 3 rings (SSSR count). The summed E-state index contributed by atoms with van der Waals surface area (Å²) in [6.45, 7) is 3.22. The lowest BCUT2D eigenvalue weighted by atomic mass is 10.1. The van der Waals surface area contributed by atoms with E-state index in [1.54, 1.807) is 6.20 Å². The quantitative estimate of drug-likeness (QED) is 0.376. The number of nitrogens with two attached hydrogens (primary N) is 1. The number of aromatic nitrogens is 1. The van der Waals surface area contributed by atoms with E-state index >= 15 is 0 Å². The minimum atomic E-state index is -0.217. The summed E-state index contributed by atoms with van der Waals surface area (Å²) in [5, 5.41) is 0. The molecule has 0 radical (unpaired) electrons. The number of amides is 1. The van der Waals surface area contributed by atoms with Gasteiger partial charge in [0.05, 0.1) is 19.6 Å². The Morgan fingerprint density at radius 1 is 1.12 bits per heavy atom. The molecule has 128 valence electrons. The largest absolute Gasteiger partial charge is 0.378 e. The van der Waals surface area contributed by atoms with Gasteiger partial charge in [-0.1, -0.05) is 24.0 Å². The highest BCUT2D eigenvalue weighted by Crippen LogP contribution is 2.12. The van der Waals surface area contributed by atoms with Crippen LogP contribution in [0.3, 0.4) is 0 Å². The molecule has 1 aliphatic heterocycles. The number of ether oxygens (including phenoxy) is 1. The number of hydrogen-bond acceptors (Lipinski definition) is 5. The van der Waals surface area contributed by atoms with Gasteiger partial charge in [0.15, 0.2) is 0 Å². The third kappa shape index (κ3) is 4.80. The lowest BCUT2D eigenvalue weighted by Gasteiger charge is -2.27. The number of benzene rings is 1. The van der Waals surface area contributed by atoms with Crippen LogP contribution in [0.5, 0.6) is 0 Å². The topological polar surface area (TPSA) is 80.5 Å². The van der Waals surface area contributed by atoms with Gasteiger partial charge >= 0.3 is 0 Å². The Morgan fingerprint density at radius 2 is 1.80 bits per heavy atom. The predicted octanol–water partition coefficient (Wildman–Crippen LogP) is 0.850. The van der Waals surface area contributed by atoms with Gasteiger partial charge in [-0.2, -0.15) is 0 Å². The first-order valence-electron chi connectivity index (χ1n) is 8.14. The van der Waals surface area contributed by atoms with Crippen LogP contribution < -0.4 is 16.2 Å². The van der Waals surface area contributed by atoms with E-state index in [2.05, 4.69) is 27.2 Å². The van der Waals surface area contributed by atoms with Gasteiger partial charge in [-0.15, -0.1) is 0 Å². The molecule has 6 nitrogen and oxygen atoms in total. The van der Waals surface area contributed by atoms with Crippen LogP contribution in [0.15, 0.2) is 42.6 Å². The maximum absolute atomic E-state index is 11.2. The van der Waals surface area contributed by atoms with Crippen LogP contribution in [0.25, 0.3) is 0 Å². The van der Waals surface area contributed by atoms with E-state index in [1.165, 1.54) is 0 Å². The van der Waals surface area contributed by atoms with Gasteiger partial charge in [0, 0.05) is 30.4 Å². The average Bonchev–Trinajstić information content (AvgIpc) is 2.68. The van der Waals surface area contributed by atoms with E-state index in [9.17, 15) is 4.79 Å². The highest BCUT2D eigenvalue weighted by Gasteiger charge is 2.11. The summed E-state index contributed by atoms with van der Waals surface area (Å²) in [4.78, 5) is 17.9. The predicted molar refractivity (Wildman–Crippen MR) is 95.7 cm³/mol. The van der Waals surface area contributed by atoms with Gasteiger partial charge in [0.25, 0.3) is 0 Å². The molecule has 1 saturated heterocycles. The van der Waals surface area contributed by atoms with Crippen LogP contribution in [0.4, 0.5) is 5.82 Å². The van der Waals surface area contributed by atoms with E-state index in [4.69, 9.17) is 10.6 Å². The summed E-state index contributed by atoms with van der Waals surface area (Å²) >= 11 is 0. The minimum absolute atomic E-state index is 0.217. The Labute approximate surface area is 147 Å². The molecule has 2 heterocycles. The van der Waals surface area contributed by atoms with Crippen molar-refractivity contribution in [2.45, 2.75) is 6.42 Å². The Kier molecular flexibility index (Phi) is 5.62. The second-order valence-corrected chi connectivity index (χ2v) is 5.70. The first-order valence-corrected chi connectivity index (χ1v) is 8.14. The highest BCUT2D eigenvalue weighted by atomic mass is 16.5. The van der Waals surface area contributed by atoms with Crippen LogP contribution in [-0.2, 0) is 16.0 Å². The Bertz CT molecular complexity index is 770. The van der Waals surface area contributed by atoms with Crippen molar-refractivity contribution in [3.63, 3.8) is 0 Å². The van der Waals surface area contributed by atoms with Gasteiger partial charge < -0.3 is 9.64 Å². The maximum atomic E-state index is 11.2. The second-order valence-electron chi connectivity index (χ2n) is 5.70. The SMILES string of the molecule is NNC(=O)Cc1ccc(C#Cc2ccc(N3CCOCC3)nc2)cc1. The number of hydrazine groups is 1. The lowest BCUT2D eigenvalue weighted by Crippen LogP contribution is -2.36. The zero-order valence-corrected chi connectivity index (χ0v) is 13.9. The molecule has 3 N–H and O–H groups in total. The Morgan fingerprint density at radius 3 is 2.44 bits per heavy atom. The molecule has 2 aromatic rings. The van der Waals surface area contributed by atoms with Gasteiger partial charge in [-0.25, -0.2) is 10.8 Å². The van der Waals surface area contributed by atoms with Crippen LogP contribution in [-0.4, -0.2) is 37.2 Å². The highest BCUT2D eigenvalue weighted by molar-refractivity contribution is 5.77. The molecule has 0 aliphatic carbocycles. The van der Waals surface area contributed by atoms with E-state index in [1.807, 2.05) is 36.4 Å². The number of carbonyl (C=O) groups is 1. The molecule has 1 fully saturated rings. The zero-order valence-electron chi connectivity index (χ0n) is 13.9. The smallest absolute Gasteiger partial charge is 0.238 e. The number of hydrogen-bond donors (Lipinski definition) is 2. The van der Waals surface area contributed by atoms with Crippen LogP contribution in [0.2, 0.25) is 0 Å². The third-order valence-electron chi connectivity index (χ3n) is 3.91. The molecule has 1 aromatic carbocycles. The van der Waals surface area contributed by atoms with Crippen molar-refractivity contribution >= 4 is 11.7 Å². The summed E-state index contributed by atoms with van der Waals surface area (Å²) < 4.78 is 5.35. The molecule has 1 amide bonds. The number of anilines is 1.